The van der Waals surface area contributed by atoms with Crippen LogP contribution < -0.4 is 0 Å². The zero-order valence-corrected chi connectivity index (χ0v) is 12.6. The van der Waals surface area contributed by atoms with Gasteiger partial charge >= 0.3 is 0 Å². The molecule has 0 radical (unpaired) electrons. The van der Waals surface area contributed by atoms with Gasteiger partial charge in [-0.25, -0.2) is 0 Å². The van der Waals surface area contributed by atoms with Gasteiger partial charge in [-0.3, -0.25) is 0 Å². The largest absolute Gasteiger partial charge is 0.411 e. The second kappa shape index (κ2) is 7.07. The molecule has 0 aromatic heterocycles. The Balaban J connectivity index is 2.45. The van der Waals surface area contributed by atoms with E-state index in [2.05, 4.69) is 17.2 Å². The second-order valence-electron chi connectivity index (χ2n) is 5.40. The summed E-state index contributed by atoms with van der Waals surface area (Å²) in [5, 5.41) is 24.9. The van der Waals surface area contributed by atoms with Gasteiger partial charge in [0, 0.05) is 5.57 Å². The van der Waals surface area contributed by atoms with Gasteiger partial charge in [0.25, 0.3) is 0 Å². The van der Waals surface area contributed by atoms with Crippen LogP contribution in [0.1, 0.15) is 57.1 Å². The minimum Gasteiger partial charge on any atom is -0.411 e. The fourth-order valence-corrected chi connectivity index (χ4v) is 2.79. The number of rotatable bonds is 5. The van der Waals surface area contributed by atoms with Gasteiger partial charge in [0.1, 0.15) is 0 Å². The van der Waals surface area contributed by atoms with Crippen LogP contribution in [0.4, 0.5) is 0 Å². The summed E-state index contributed by atoms with van der Waals surface area (Å²) in [6.07, 6.45) is 5.10. The maximum atomic E-state index is 9.26. The summed E-state index contributed by atoms with van der Waals surface area (Å²) in [7, 11) is 0. The first kappa shape index (κ1) is 15.3. The predicted octanol–water partition coefficient (Wildman–Crippen LogP) is 4.45. The number of benzene rings is 1. The zero-order valence-electron chi connectivity index (χ0n) is 12.6. The minimum atomic E-state index is 0.577. The lowest BCUT2D eigenvalue weighted by Gasteiger charge is -2.09. The van der Waals surface area contributed by atoms with Gasteiger partial charge in [0.05, 0.1) is 11.4 Å². The first-order chi connectivity index (χ1) is 10.2. The van der Waals surface area contributed by atoms with E-state index < -0.39 is 0 Å². The highest BCUT2D eigenvalue weighted by molar-refractivity contribution is 6.26. The van der Waals surface area contributed by atoms with Crippen molar-refractivity contribution in [2.75, 3.05) is 0 Å². The Bertz CT molecular complexity index is 601. The number of nitrogens with zero attached hydrogens (tertiary/aromatic N) is 2. The molecule has 2 rings (SSSR count). The Morgan fingerprint density at radius 2 is 2.05 bits per heavy atom. The molecule has 1 aromatic carbocycles. The Labute approximate surface area is 125 Å². The standard InChI is InChI=1S/C17H22N2O2/c1-3-4-6-13-9-10-16(19-21)17(13)15-8-5-7-14(11-15)12(2)18-20/h5,7-8,11,20-21H,3-4,6,9-10H2,1-2H3/b18-12+,19-16+. The maximum absolute atomic E-state index is 9.26. The second-order valence-corrected chi connectivity index (χ2v) is 5.40. The van der Waals surface area contributed by atoms with Crippen LogP contribution in [-0.4, -0.2) is 21.8 Å². The van der Waals surface area contributed by atoms with E-state index in [1.807, 2.05) is 24.3 Å². The summed E-state index contributed by atoms with van der Waals surface area (Å²) in [4.78, 5) is 0. The summed E-state index contributed by atoms with van der Waals surface area (Å²) in [5.74, 6) is 0. The van der Waals surface area contributed by atoms with E-state index in [9.17, 15) is 5.21 Å². The van der Waals surface area contributed by atoms with Crippen molar-refractivity contribution < 1.29 is 10.4 Å². The lowest BCUT2D eigenvalue weighted by atomic mass is 9.96. The molecule has 2 N–H and O–H groups in total. The molecule has 0 fully saturated rings. The molecule has 1 aliphatic carbocycles. The van der Waals surface area contributed by atoms with Crippen LogP contribution >= 0.6 is 0 Å². The van der Waals surface area contributed by atoms with Crippen molar-refractivity contribution in [3.8, 4) is 0 Å². The fourth-order valence-electron chi connectivity index (χ4n) is 2.79. The number of hydrogen-bond donors (Lipinski definition) is 2. The van der Waals surface area contributed by atoms with Gasteiger partial charge in [0.2, 0.25) is 0 Å². The van der Waals surface area contributed by atoms with E-state index in [1.54, 1.807) is 6.92 Å². The van der Waals surface area contributed by atoms with Crippen LogP contribution in [-0.2, 0) is 0 Å². The van der Waals surface area contributed by atoms with Crippen molar-refractivity contribution in [2.24, 2.45) is 10.3 Å². The number of allylic oxidation sites excluding steroid dienone is 2. The molecule has 112 valence electrons. The predicted molar refractivity (Wildman–Crippen MR) is 85.3 cm³/mol. The number of unbranched alkanes of at least 4 members (excludes halogenated alkanes) is 1. The molecule has 0 bridgehead atoms. The van der Waals surface area contributed by atoms with Crippen molar-refractivity contribution in [1.82, 2.24) is 0 Å². The van der Waals surface area contributed by atoms with E-state index in [4.69, 9.17) is 5.21 Å². The van der Waals surface area contributed by atoms with E-state index in [1.165, 1.54) is 5.57 Å². The van der Waals surface area contributed by atoms with Crippen LogP contribution in [0.5, 0.6) is 0 Å². The molecule has 0 saturated heterocycles. The van der Waals surface area contributed by atoms with Gasteiger partial charge in [-0.15, -0.1) is 0 Å². The lowest BCUT2D eigenvalue weighted by molar-refractivity contribution is 0.318. The third kappa shape index (κ3) is 3.32. The molecule has 0 atom stereocenters. The summed E-state index contributed by atoms with van der Waals surface area (Å²) in [6, 6.07) is 7.87. The maximum Gasteiger partial charge on any atom is 0.0876 e. The van der Waals surface area contributed by atoms with E-state index >= 15 is 0 Å². The topological polar surface area (TPSA) is 65.2 Å². The molecule has 0 spiro atoms. The summed E-state index contributed by atoms with van der Waals surface area (Å²) < 4.78 is 0. The molecule has 21 heavy (non-hydrogen) atoms. The minimum absolute atomic E-state index is 0.577. The average molecular weight is 286 g/mol. The summed E-state index contributed by atoms with van der Waals surface area (Å²) >= 11 is 0. The van der Waals surface area contributed by atoms with Crippen LogP contribution in [0.25, 0.3) is 5.57 Å². The van der Waals surface area contributed by atoms with Crippen molar-refractivity contribution in [3.63, 3.8) is 0 Å². The highest BCUT2D eigenvalue weighted by Crippen LogP contribution is 2.35. The van der Waals surface area contributed by atoms with Crippen LogP contribution in [0, 0.1) is 0 Å². The average Bonchev–Trinajstić information content (AvgIpc) is 2.95. The first-order valence-electron chi connectivity index (χ1n) is 7.44. The van der Waals surface area contributed by atoms with E-state index in [0.717, 1.165) is 54.5 Å². The first-order valence-corrected chi connectivity index (χ1v) is 7.44. The van der Waals surface area contributed by atoms with Gasteiger partial charge in [-0.2, -0.15) is 0 Å². The van der Waals surface area contributed by atoms with Crippen molar-refractivity contribution in [3.05, 3.63) is 41.0 Å². The molecule has 4 heteroatoms. The number of oxime groups is 2. The summed E-state index contributed by atoms with van der Waals surface area (Å²) in [6.45, 7) is 3.94. The van der Waals surface area contributed by atoms with Crippen molar-refractivity contribution in [1.29, 1.82) is 0 Å². The van der Waals surface area contributed by atoms with Crippen LogP contribution in [0.15, 0.2) is 40.1 Å². The molecular weight excluding hydrogens is 264 g/mol. The van der Waals surface area contributed by atoms with Crippen LogP contribution in [0.2, 0.25) is 0 Å². The molecule has 4 nitrogen and oxygen atoms in total. The highest BCUT2D eigenvalue weighted by Gasteiger charge is 2.23. The van der Waals surface area contributed by atoms with Gasteiger partial charge in [-0.05, 0) is 49.8 Å². The molecule has 0 saturated carbocycles. The van der Waals surface area contributed by atoms with Gasteiger partial charge < -0.3 is 10.4 Å². The lowest BCUT2D eigenvalue weighted by Crippen LogP contribution is -2.00. The monoisotopic (exact) mass is 286 g/mol. The zero-order chi connectivity index (χ0) is 15.2. The molecule has 1 aliphatic rings. The third-order valence-corrected chi connectivity index (χ3v) is 3.98. The molecule has 0 amide bonds. The molecule has 0 heterocycles. The fraction of sp³-hybridized carbons (Fsp3) is 0.412. The molecule has 1 aromatic rings. The quantitative estimate of drug-likeness (QED) is 0.477. The summed E-state index contributed by atoms with van der Waals surface area (Å²) in [5.41, 5.74) is 5.68. The van der Waals surface area contributed by atoms with E-state index in [-0.39, 0.29) is 0 Å². The Morgan fingerprint density at radius 1 is 1.24 bits per heavy atom. The van der Waals surface area contributed by atoms with Gasteiger partial charge in [0.15, 0.2) is 0 Å². The van der Waals surface area contributed by atoms with E-state index in [0.29, 0.717) is 5.71 Å². The van der Waals surface area contributed by atoms with Crippen LogP contribution in [0.3, 0.4) is 0 Å². The normalized spacial score (nSPS) is 17.8. The molecule has 0 unspecified atom stereocenters. The molecule has 0 aliphatic heterocycles. The van der Waals surface area contributed by atoms with Crippen molar-refractivity contribution >= 4 is 17.0 Å². The highest BCUT2D eigenvalue weighted by atomic mass is 16.4. The SMILES string of the molecule is CCCCC1=C(c2cccc(/C(C)=N/O)c2)/C(=N/O)CC1. The Morgan fingerprint density at radius 3 is 2.71 bits per heavy atom. The van der Waals surface area contributed by atoms with Crippen molar-refractivity contribution in [2.45, 2.75) is 46.0 Å². The molecular formula is C17H22N2O2. The Kier molecular flexibility index (Phi) is 5.14. The Hall–Kier alpha value is -2.10. The smallest absolute Gasteiger partial charge is 0.0876 e. The van der Waals surface area contributed by atoms with Gasteiger partial charge in [-0.1, -0.05) is 47.4 Å². The number of hydrogen-bond acceptors (Lipinski definition) is 4. The third-order valence-electron chi connectivity index (χ3n) is 3.98.